The molecule has 3 heteroatoms. The molecule has 0 radical (unpaired) electrons. The number of rotatable bonds is 1. The number of nitrogens with zero attached hydrogens (tertiary/aromatic N) is 2. The average molecular weight is 135 g/mol. The van der Waals surface area contributed by atoms with Crippen LogP contribution in [0.1, 0.15) is 12.9 Å². The smallest absolute Gasteiger partial charge is 0.167 e. The van der Waals surface area contributed by atoms with Gasteiger partial charge in [-0.25, -0.2) is 0 Å². The molecule has 2 atom stereocenters. The quantitative estimate of drug-likeness (QED) is 0.380. The summed E-state index contributed by atoms with van der Waals surface area (Å²) in [6.07, 6.45) is 4.24. The first-order valence-electron chi connectivity index (χ1n) is 3.82. The average Bonchev–Trinajstić information content (AvgIpc) is 2.42. The largest absolute Gasteiger partial charge is 0.195 e. The van der Waals surface area contributed by atoms with Gasteiger partial charge in [0.15, 0.2) is 20.5 Å². The van der Waals surface area contributed by atoms with Crippen molar-refractivity contribution >= 4 is 7.28 Å². The summed E-state index contributed by atoms with van der Waals surface area (Å²) >= 11 is 0. The lowest BCUT2D eigenvalue weighted by Crippen LogP contribution is -2.37. The summed E-state index contributed by atoms with van der Waals surface area (Å²) in [5, 5.41) is 0. The van der Waals surface area contributed by atoms with E-state index in [0.717, 1.165) is 11.8 Å². The minimum atomic E-state index is 0.778. The van der Waals surface area contributed by atoms with Crippen LogP contribution in [0.5, 0.6) is 0 Å². The molecule has 1 aliphatic rings. The molecule has 0 amide bonds. The highest BCUT2D eigenvalue weighted by molar-refractivity contribution is 6.52. The Kier molecular flexibility index (Phi) is 1.13. The van der Waals surface area contributed by atoms with Gasteiger partial charge in [-0.3, -0.25) is 0 Å². The van der Waals surface area contributed by atoms with Crippen molar-refractivity contribution in [2.24, 2.45) is 7.05 Å². The summed E-state index contributed by atoms with van der Waals surface area (Å²) in [6.45, 7) is 2.30. The summed E-state index contributed by atoms with van der Waals surface area (Å²) in [7, 11) is 3.44. The molecule has 0 aromatic carbocycles. The Hall–Kier alpha value is -0.725. The molecule has 1 saturated heterocycles. The van der Waals surface area contributed by atoms with Crippen LogP contribution < -0.4 is 4.68 Å². The summed E-state index contributed by atoms with van der Waals surface area (Å²) in [5.74, 6) is 1.67. The predicted molar refractivity (Wildman–Crippen MR) is 41.2 cm³/mol. The molecule has 10 heavy (non-hydrogen) atoms. The molecule has 2 rings (SSSR count). The number of hydrogen-bond acceptors (Lipinski definition) is 0. The van der Waals surface area contributed by atoms with Crippen LogP contribution in [0.4, 0.5) is 0 Å². The second-order valence-electron chi connectivity index (χ2n) is 3.22. The van der Waals surface area contributed by atoms with Gasteiger partial charge in [0.1, 0.15) is 0 Å². The molecular weight excluding hydrogens is 123 g/mol. The van der Waals surface area contributed by atoms with Crippen molar-refractivity contribution in [1.29, 1.82) is 0 Å². The Morgan fingerprint density at radius 2 is 2.30 bits per heavy atom. The summed E-state index contributed by atoms with van der Waals surface area (Å²) in [5.41, 5.74) is 0. The highest BCUT2D eigenvalue weighted by Gasteiger charge is 2.39. The van der Waals surface area contributed by atoms with Crippen molar-refractivity contribution in [3.8, 4) is 0 Å². The van der Waals surface area contributed by atoms with E-state index in [2.05, 4.69) is 41.8 Å². The van der Waals surface area contributed by atoms with Crippen molar-refractivity contribution in [3.05, 3.63) is 18.5 Å². The molecule has 1 aromatic rings. The minimum Gasteiger partial charge on any atom is -0.167 e. The second-order valence-corrected chi connectivity index (χ2v) is 3.22. The van der Waals surface area contributed by atoms with Gasteiger partial charge >= 0.3 is 0 Å². The zero-order chi connectivity index (χ0) is 7.14. The third kappa shape index (κ3) is 0.771. The Balaban J connectivity index is 2.26. The number of aromatic nitrogens is 2. The van der Waals surface area contributed by atoms with Crippen LogP contribution >= 0.6 is 0 Å². The van der Waals surface area contributed by atoms with Gasteiger partial charge in [-0.1, -0.05) is 6.92 Å². The normalized spacial score (nSPS) is 29.8. The van der Waals surface area contributed by atoms with Crippen molar-refractivity contribution in [2.75, 3.05) is 0 Å². The Bertz CT molecular complexity index is 244. The molecule has 1 fully saturated rings. The molecular formula is C7H12BN2+. The minimum absolute atomic E-state index is 0.778. The van der Waals surface area contributed by atoms with Gasteiger partial charge in [0.25, 0.3) is 0 Å². The van der Waals surface area contributed by atoms with E-state index in [1.54, 1.807) is 0 Å². The molecule has 0 bridgehead atoms. The highest BCUT2D eigenvalue weighted by atomic mass is 15.4. The van der Waals surface area contributed by atoms with Crippen LogP contribution in [-0.4, -0.2) is 12.0 Å². The Morgan fingerprint density at radius 1 is 1.60 bits per heavy atom. The fourth-order valence-electron chi connectivity index (χ4n) is 1.45. The topological polar surface area (TPSA) is 8.81 Å². The fourth-order valence-corrected chi connectivity index (χ4v) is 1.45. The van der Waals surface area contributed by atoms with E-state index in [9.17, 15) is 0 Å². The molecule has 0 N–H and O–H groups in total. The first-order valence-corrected chi connectivity index (χ1v) is 3.82. The van der Waals surface area contributed by atoms with Gasteiger partial charge < -0.3 is 0 Å². The zero-order valence-corrected chi connectivity index (χ0v) is 6.49. The van der Waals surface area contributed by atoms with E-state index in [1.807, 2.05) is 0 Å². The van der Waals surface area contributed by atoms with Crippen LogP contribution in [0, 0.1) is 0 Å². The Morgan fingerprint density at radius 3 is 2.70 bits per heavy atom. The Labute approximate surface area is 61.7 Å². The SMILES string of the molecule is C[C@@H]1BC1n1ccc[n+]1C. The number of hydrogen-bond donors (Lipinski definition) is 0. The maximum absolute atomic E-state index is 2.30. The van der Waals surface area contributed by atoms with Crippen molar-refractivity contribution in [1.82, 2.24) is 4.68 Å². The summed E-state index contributed by atoms with van der Waals surface area (Å²) in [4.78, 5) is 0. The van der Waals surface area contributed by atoms with Crippen LogP contribution in [0.25, 0.3) is 0 Å². The van der Waals surface area contributed by atoms with E-state index in [1.165, 1.54) is 7.28 Å². The van der Waals surface area contributed by atoms with Crippen LogP contribution in [0.3, 0.4) is 0 Å². The van der Waals surface area contributed by atoms with E-state index >= 15 is 0 Å². The predicted octanol–water partition coefficient (Wildman–Crippen LogP) is 0.0697. The first kappa shape index (κ1) is 6.02. The highest BCUT2D eigenvalue weighted by Crippen LogP contribution is 2.37. The first-order chi connectivity index (χ1) is 4.79. The monoisotopic (exact) mass is 135 g/mol. The van der Waals surface area contributed by atoms with Gasteiger partial charge in [0.05, 0.1) is 12.1 Å². The molecule has 1 unspecified atom stereocenters. The van der Waals surface area contributed by atoms with Gasteiger partial charge in [0.2, 0.25) is 0 Å². The zero-order valence-electron chi connectivity index (χ0n) is 6.49. The maximum Gasteiger partial charge on any atom is 0.195 e. The molecule has 52 valence electrons. The summed E-state index contributed by atoms with van der Waals surface area (Å²) in [6, 6.07) is 2.09. The van der Waals surface area contributed by atoms with Crippen LogP contribution in [0.2, 0.25) is 5.82 Å². The third-order valence-corrected chi connectivity index (χ3v) is 2.31. The van der Waals surface area contributed by atoms with E-state index in [4.69, 9.17) is 0 Å². The third-order valence-electron chi connectivity index (χ3n) is 2.31. The molecule has 0 saturated carbocycles. The lowest BCUT2D eigenvalue weighted by atomic mass is 10.0. The van der Waals surface area contributed by atoms with Crippen LogP contribution in [-0.2, 0) is 7.05 Å². The maximum atomic E-state index is 2.30. The molecule has 2 heterocycles. The molecule has 2 nitrogen and oxygen atoms in total. The molecule has 0 spiro atoms. The lowest BCUT2D eigenvalue weighted by Gasteiger charge is -1.95. The van der Waals surface area contributed by atoms with Crippen LogP contribution in [0.15, 0.2) is 18.5 Å². The lowest BCUT2D eigenvalue weighted by molar-refractivity contribution is -0.753. The molecule has 0 aliphatic carbocycles. The van der Waals surface area contributed by atoms with Gasteiger partial charge in [-0.05, 0) is 5.82 Å². The standard InChI is InChI=1S/C7H12BN2/c1-6-7(8-6)10-5-3-4-9(10)2/h3-8H,1-2H3/q+1/t6-,7?/m0/s1. The van der Waals surface area contributed by atoms with Crippen molar-refractivity contribution in [2.45, 2.75) is 18.7 Å². The van der Waals surface area contributed by atoms with E-state index < -0.39 is 0 Å². The van der Waals surface area contributed by atoms with E-state index in [-0.39, 0.29) is 0 Å². The van der Waals surface area contributed by atoms with Gasteiger partial charge in [0, 0.05) is 6.07 Å². The summed E-state index contributed by atoms with van der Waals surface area (Å²) < 4.78 is 4.44. The fraction of sp³-hybridized carbons (Fsp3) is 0.571. The van der Waals surface area contributed by atoms with Crippen molar-refractivity contribution in [3.63, 3.8) is 0 Å². The van der Waals surface area contributed by atoms with Gasteiger partial charge in [-0.2, -0.15) is 4.68 Å². The van der Waals surface area contributed by atoms with E-state index in [0.29, 0.717) is 0 Å². The van der Waals surface area contributed by atoms with Crippen molar-refractivity contribution < 1.29 is 4.68 Å². The number of aryl methyl sites for hydroxylation is 1. The molecule has 1 aliphatic heterocycles. The molecule has 1 aromatic heterocycles. The second kappa shape index (κ2) is 1.88. The van der Waals surface area contributed by atoms with Gasteiger partial charge in [-0.15, -0.1) is 4.68 Å².